The highest BCUT2D eigenvalue weighted by Gasteiger charge is 2.33. The van der Waals surface area contributed by atoms with Gasteiger partial charge >= 0.3 is 0 Å². The summed E-state index contributed by atoms with van der Waals surface area (Å²) in [5, 5.41) is 0.829. The minimum atomic E-state index is -0.0909. The van der Waals surface area contributed by atoms with Crippen molar-refractivity contribution < 1.29 is 9.59 Å². The van der Waals surface area contributed by atoms with E-state index in [2.05, 4.69) is 14.9 Å². The highest BCUT2D eigenvalue weighted by Crippen LogP contribution is 2.28. The molecule has 0 radical (unpaired) electrons. The van der Waals surface area contributed by atoms with Gasteiger partial charge in [0.2, 0.25) is 11.9 Å². The van der Waals surface area contributed by atoms with Crippen LogP contribution in [-0.4, -0.2) is 52.7 Å². The van der Waals surface area contributed by atoms with Crippen LogP contribution in [0.4, 0.5) is 5.95 Å². The molecular weight excluding hydrogens is 423 g/mol. The first-order valence-electron chi connectivity index (χ1n) is 10.3. The molecule has 2 aliphatic heterocycles. The van der Waals surface area contributed by atoms with Crippen molar-refractivity contribution in [2.45, 2.75) is 25.7 Å². The van der Waals surface area contributed by atoms with Crippen LogP contribution < -0.4 is 4.90 Å². The second-order valence-electron chi connectivity index (χ2n) is 7.93. The average molecular weight is 447 g/mol. The lowest BCUT2D eigenvalue weighted by atomic mass is 9.88. The van der Waals surface area contributed by atoms with Crippen LogP contribution in [0.25, 0.3) is 0 Å². The normalized spacial score (nSPS) is 20.3. The van der Waals surface area contributed by atoms with Crippen LogP contribution >= 0.6 is 23.2 Å². The van der Waals surface area contributed by atoms with Gasteiger partial charge in [-0.25, -0.2) is 9.97 Å². The van der Waals surface area contributed by atoms with Crippen LogP contribution in [0.15, 0.2) is 36.7 Å². The smallest absolute Gasteiger partial charge is 0.227 e. The van der Waals surface area contributed by atoms with Crippen molar-refractivity contribution in [1.82, 2.24) is 14.9 Å². The van der Waals surface area contributed by atoms with Crippen molar-refractivity contribution in [3.8, 4) is 0 Å². The van der Waals surface area contributed by atoms with E-state index in [9.17, 15) is 9.59 Å². The van der Waals surface area contributed by atoms with Crippen LogP contribution in [0, 0.1) is 11.8 Å². The number of benzene rings is 1. The van der Waals surface area contributed by atoms with Crippen LogP contribution in [0.1, 0.15) is 36.0 Å². The summed E-state index contributed by atoms with van der Waals surface area (Å²) >= 11 is 12.0. The molecule has 2 saturated heterocycles. The number of rotatable bonds is 4. The van der Waals surface area contributed by atoms with Gasteiger partial charge in [-0.15, -0.1) is 0 Å². The molecule has 0 bridgehead atoms. The van der Waals surface area contributed by atoms with Crippen LogP contribution in [0.2, 0.25) is 10.0 Å². The van der Waals surface area contributed by atoms with E-state index < -0.39 is 0 Å². The zero-order valence-corrected chi connectivity index (χ0v) is 18.1. The molecule has 1 aromatic heterocycles. The van der Waals surface area contributed by atoms with Crippen molar-refractivity contribution in [3.63, 3.8) is 0 Å². The van der Waals surface area contributed by atoms with E-state index >= 15 is 0 Å². The third-order valence-corrected chi connectivity index (χ3v) is 6.73. The fourth-order valence-electron chi connectivity index (χ4n) is 4.32. The van der Waals surface area contributed by atoms with E-state index in [4.69, 9.17) is 23.2 Å². The Bertz CT molecular complexity index is 917. The molecule has 6 nitrogen and oxygen atoms in total. The lowest BCUT2D eigenvalue weighted by molar-refractivity contribution is -0.137. The third kappa shape index (κ3) is 4.60. The maximum Gasteiger partial charge on any atom is 0.227 e. The molecule has 0 spiro atoms. The summed E-state index contributed by atoms with van der Waals surface area (Å²) in [5.74, 6) is 0.791. The SMILES string of the molecule is O=C(c1ccc(Cl)c(Cl)c1)C1CCN(C(=O)C2CCCN(c3ncccn3)C2)CC1. The second kappa shape index (κ2) is 9.31. The number of halogens is 2. The fraction of sp³-hybridized carbons (Fsp3) is 0.455. The number of hydrogen-bond donors (Lipinski definition) is 0. The van der Waals surface area contributed by atoms with Gasteiger partial charge in [0.15, 0.2) is 5.78 Å². The highest BCUT2D eigenvalue weighted by atomic mass is 35.5. The number of amides is 1. The lowest BCUT2D eigenvalue weighted by Crippen LogP contribution is -2.48. The van der Waals surface area contributed by atoms with Gasteiger partial charge in [-0.3, -0.25) is 9.59 Å². The Morgan fingerprint density at radius 1 is 0.933 bits per heavy atom. The van der Waals surface area contributed by atoms with Gasteiger partial charge in [-0.05, 0) is 49.9 Å². The molecule has 2 fully saturated rings. The monoisotopic (exact) mass is 446 g/mol. The maximum absolute atomic E-state index is 13.1. The van der Waals surface area contributed by atoms with Crippen molar-refractivity contribution in [3.05, 3.63) is 52.3 Å². The molecule has 158 valence electrons. The zero-order chi connectivity index (χ0) is 21.1. The van der Waals surface area contributed by atoms with Crippen molar-refractivity contribution in [2.75, 3.05) is 31.1 Å². The second-order valence-corrected chi connectivity index (χ2v) is 8.74. The Kier molecular flexibility index (Phi) is 6.54. The molecule has 1 aromatic carbocycles. The minimum Gasteiger partial charge on any atom is -0.342 e. The topological polar surface area (TPSA) is 66.4 Å². The molecule has 0 aliphatic carbocycles. The Balaban J connectivity index is 1.34. The zero-order valence-electron chi connectivity index (χ0n) is 16.6. The number of likely N-dealkylation sites (tertiary alicyclic amines) is 1. The molecule has 2 aliphatic rings. The molecule has 1 unspecified atom stereocenters. The molecule has 3 heterocycles. The maximum atomic E-state index is 13.1. The van der Waals surface area contributed by atoms with E-state index in [-0.39, 0.29) is 23.5 Å². The Labute approximate surface area is 186 Å². The molecule has 1 atom stereocenters. The summed E-state index contributed by atoms with van der Waals surface area (Å²) in [6.07, 6.45) is 6.62. The number of carbonyl (C=O) groups excluding carboxylic acids is 2. The highest BCUT2D eigenvalue weighted by molar-refractivity contribution is 6.42. The molecule has 1 amide bonds. The lowest BCUT2D eigenvalue weighted by Gasteiger charge is -2.37. The van der Waals surface area contributed by atoms with E-state index in [0.29, 0.717) is 54.0 Å². The van der Waals surface area contributed by atoms with Gasteiger partial charge in [0.1, 0.15) is 0 Å². The molecule has 8 heteroatoms. The summed E-state index contributed by atoms with van der Waals surface area (Å²) in [4.78, 5) is 38.5. The van der Waals surface area contributed by atoms with Crippen LogP contribution in [0.3, 0.4) is 0 Å². The number of hydrogen-bond acceptors (Lipinski definition) is 5. The molecule has 4 rings (SSSR count). The fourth-order valence-corrected chi connectivity index (χ4v) is 4.62. The number of anilines is 1. The van der Waals surface area contributed by atoms with Crippen LogP contribution in [0.5, 0.6) is 0 Å². The molecule has 0 saturated carbocycles. The largest absolute Gasteiger partial charge is 0.342 e. The standard InChI is InChI=1S/C22H24Cl2N4O2/c23-18-5-4-16(13-19(18)24)20(29)15-6-11-27(12-7-15)21(30)17-3-1-10-28(14-17)22-25-8-2-9-26-22/h2,4-5,8-9,13,15,17H,1,3,6-7,10-12,14H2. The van der Waals surface area contributed by atoms with Gasteiger partial charge < -0.3 is 9.80 Å². The van der Waals surface area contributed by atoms with E-state index in [1.807, 2.05) is 4.90 Å². The van der Waals surface area contributed by atoms with E-state index in [1.54, 1.807) is 36.7 Å². The summed E-state index contributed by atoms with van der Waals surface area (Å²) < 4.78 is 0. The first kappa shape index (κ1) is 21.1. The Hall–Kier alpha value is -2.18. The summed E-state index contributed by atoms with van der Waals surface area (Å²) in [6.45, 7) is 2.72. The number of piperidine rings is 2. The molecule has 30 heavy (non-hydrogen) atoms. The van der Waals surface area contributed by atoms with E-state index in [0.717, 1.165) is 19.4 Å². The predicted molar refractivity (Wildman–Crippen MR) is 117 cm³/mol. The van der Waals surface area contributed by atoms with Crippen LogP contribution in [-0.2, 0) is 4.79 Å². The van der Waals surface area contributed by atoms with Crippen molar-refractivity contribution in [1.29, 1.82) is 0 Å². The number of carbonyl (C=O) groups is 2. The number of ketones is 1. The predicted octanol–water partition coefficient (Wildman–Crippen LogP) is 4.12. The van der Waals surface area contributed by atoms with Crippen molar-refractivity contribution in [2.24, 2.45) is 11.8 Å². The quantitative estimate of drug-likeness (QED) is 0.660. The van der Waals surface area contributed by atoms with Gasteiger partial charge in [0.25, 0.3) is 0 Å². The number of aromatic nitrogens is 2. The Morgan fingerprint density at radius 2 is 1.67 bits per heavy atom. The van der Waals surface area contributed by atoms with Gasteiger partial charge in [-0.2, -0.15) is 0 Å². The van der Waals surface area contributed by atoms with Crippen molar-refractivity contribution >= 4 is 40.8 Å². The number of nitrogens with zero attached hydrogens (tertiary/aromatic N) is 4. The van der Waals surface area contributed by atoms with Gasteiger partial charge in [-0.1, -0.05) is 23.2 Å². The van der Waals surface area contributed by atoms with Gasteiger partial charge in [0.05, 0.1) is 16.0 Å². The molecule has 0 N–H and O–H groups in total. The van der Waals surface area contributed by atoms with E-state index in [1.165, 1.54) is 0 Å². The minimum absolute atomic E-state index is 0.0510. The summed E-state index contributed by atoms with van der Waals surface area (Å²) in [5.41, 5.74) is 0.583. The molecular formula is C22H24Cl2N4O2. The first-order valence-corrected chi connectivity index (χ1v) is 11.1. The Morgan fingerprint density at radius 3 is 2.37 bits per heavy atom. The summed E-state index contributed by atoms with van der Waals surface area (Å²) in [7, 11) is 0. The first-order chi connectivity index (χ1) is 14.5. The molecule has 2 aromatic rings. The number of Topliss-reactive ketones (excluding diaryl/α,β-unsaturated/α-hetero) is 1. The third-order valence-electron chi connectivity index (χ3n) is 5.99. The summed E-state index contributed by atoms with van der Waals surface area (Å²) in [6, 6.07) is 6.79. The van der Waals surface area contributed by atoms with Gasteiger partial charge in [0, 0.05) is 50.1 Å². The average Bonchev–Trinajstić information content (AvgIpc) is 2.80.